The normalized spacial score (nSPS) is 11.7. The third kappa shape index (κ3) is 8.91. The molecule has 11 nitrogen and oxygen atoms in total. The summed E-state index contributed by atoms with van der Waals surface area (Å²) in [6.45, 7) is 1.73. The van der Waals surface area contributed by atoms with E-state index in [0.29, 0.717) is 16.8 Å². The monoisotopic (exact) mass is 539 g/mol. The molecule has 200 valence electrons. The molecule has 14 heteroatoms. The van der Waals surface area contributed by atoms with Gasteiger partial charge in [0.05, 0.1) is 5.69 Å². The molecule has 0 fully saturated rings. The Labute approximate surface area is 220 Å². The van der Waals surface area contributed by atoms with Crippen molar-refractivity contribution in [3.63, 3.8) is 0 Å². The fraction of sp³-hybridized carbons (Fsp3) is 0.120. The molecule has 3 aromatic rings. The maximum Gasteiger partial charge on any atom is 0.573 e. The number of rotatable bonds is 5. The Bertz CT molecular complexity index is 1480. The molecule has 4 N–H and O–H groups in total. The van der Waals surface area contributed by atoms with Gasteiger partial charge in [0.1, 0.15) is 17.9 Å². The predicted octanol–water partition coefficient (Wildman–Crippen LogP) is 4.29. The Morgan fingerprint density at radius 3 is 2.31 bits per heavy atom. The minimum absolute atomic E-state index is 0.117. The number of benzene rings is 3. The van der Waals surface area contributed by atoms with Crippen LogP contribution in [0.2, 0.25) is 0 Å². The zero-order valence-electron chi connectivity index (χ0n) is 20.6. The summed E-state index contributed by atoms with van der Waals surface area (Å²) in [5.41, 5.74) is 7.57. The molecular formula is C25H22F3N8O3+. The van der Waals surface area contributed by atoms with Crippen LogP contribution in [0.5, 0.6) is 5.75 Å². The molecule has 0 saturated heterocycles. The van der Waals surface area contributed by atoms with Gasteiger partial charge in [-0.2, -0.15) is 4.99 Å². The Morgan fingerprint density at radius 1 is 0.923 bits per heavy atom. The van der Waals surface area contributed by atoms with E-state index in [4.69, 9.17) is 5.73 Å². The van der Waals surface area contributed by atoms with Crippen LogP contribution in [0.15, 0.2) is 93.0 Å². The molecule has 0 unspecified atom stereocenters. The van der Waals surface area contributed by atoms with Gasteiger partial charge in [-0.25, -0.2) is 4.99 Å². The summed E-state index contributed by atoms with van der Waals surface area (Å²) in [6, 6.07) is 17.4. The van der Waals surface area contributed by atoms with Gasteiger partial charge in [-0.1, -0.05) is 24.3 Å². The van der Waals surface area contributed by atoms with Gasteiger partial charge in [0.2, 0.25) is 16.8 Å². The second-order valence-electron chi connectivity index (χ2n) is 7.64. The van der Waals surface area contributed by atoms with Crippen LogP contribution >= 0.6 is 0 Å². The number of hydrogen-bond acceptors (Lipinski definition) is 6. The van der Waals surface area contributed by atoms with Gasteiger partial charge in [-0.15, -0.1) is 13.2 Å². The number of nitrogens with two attached hydrogens (primary N) is 1. The Balaban J connectivity index is 1.88. The first kappa shape index (κ1) is 28.2. The highest BCUT2D eigenvalue weighted by molar-refractivity contribution is 6.12. The standard InChI is InChI=1S/C25H21F3N8O3/c1-15-6-3-4-9-20(15)22(38)33-24(31-17-10-12-19(13-11-17)39-25(26,27)28)34-23(29)32-21(37)16-7-5-8-18(14-16)35-36-30-2/h3-14H,1-2H3,(H3-,29,31,32,33,34,37,38)/p+1. The van der Waals surface area contributed by atoms with Crippen LogP contribution in [-0.4, -0.2) is 37.1 Å². The number of aliphatic imine (C=N–C) groups is 2. The molecule has 2 amide bonds. The van der Waals surface area contributed by atoms with Crippen molar-refractivity contribution in [2.45, 2.75) is 13.3 Å². The molecule has 0 aliphatic carbocycles. The maximum atomic E-state index is 12.9. The fourth-order valence-electron chi connectivity index (χ4n) is 3.06. The van der Waals surface area contributed by atoms with Crippen LogP contribution in [0.4, 0.5) is 24.5 Å². The Kier molecular flexibility index (Phi) is 9.22. The highest BCUT2D eigenvalue weighted by Crippen LogP contribution is 2.25. The number of ether oxygens (including phenoxy) is 1. The maximum absolute atomic E-state index is 12.9. The number of hydrogen-bond donors (Lipinski definition) is 3. The number of aryl methyl sites for hydroxylation is 1. The van der Waals surface area contributed by atoms with Crippen molar-refractivity contribution >= 4 is 35.1 Å². The minimum Gasteiger partial charge on any atom is -0.406 e. The van der Waals surface area contributed by atoms with E-state index in [2.05, 4.69) is 40.5 Å². The van der Waals surface area contributed by atoms with Gasteiger partial charge < -0.3 is 10.5 Å². The summed E-state index contributed by atoms with van der Waals surface area (Å²) in [5.74, 6) is -2.43. The second kappa shape index (κ2) is 12.7. The van der Waals surface area contributed by atoms with E-state index in [9.17, 15) is 22.8 Å². The third-order valence-electron chi connectivity index (χ3n) is 4.75. The first-order valence-corrected chi connectivity index (χ1v) is 11.1. The quantitative estimate of drug-likeness (QED) is 0.191. The topological polar surface area (TPSA) is 157 Å². The van der Waals surface area contributed by atoms with E-state index in [1.54, 1.807) is 43.3 Å². The summed E-state index contributed by atoms with van der Waals surface area (Å²) in [4.78, 5) is 37.2. The number of halogens is 3. The summed E-state index contributed by atoms with van der Waals surface area (Å²) in [6.07, 6.45) is -4.86. The summed E-state index contributed by atoms with van der Waals surface area (Å²) >= 11 is 0. The van der Waals surface area contributed by atoms with E-state index in [0.717, 1.165) is 12.1 Å². The number of carbonyl (C=O) groups is 2. The molecule has 3 aromatic carbocycles. The van der Waals surface area contributed by atoms with Crippen molar-refractivity contribution in [1.82, 2.24) is 15.5 Å². The molecule has 0 heterocycles. The molecule has 3 rings (SSSR count). The summed E-state index contributed by atoms with van der Waals surface area (Å²) in [7, 11) is 1.44. The number of nitrogens with zero attached hydrogens (tertiary/aromatic N) is 5. The highest BCUT2D eigenvalue weighted by Gasteiger charge is 2.31. The van der Waals surface area contributed by atoms with Gasteiger partial charge in [-0.3, -0.25) is 20.2 Å². The zero-order chi connectivity index (χ0) is 28.4. The smallest absolute Gasteiger partial charge is 0.406 e. The molecule has 0 radical (unpaired) electrons. The molecule has 0 spiro atoms. The molecule has 0 bridgehead atoms. The molecule has 0 aliphatic heterocycles. The van der Waals surface area contributed by atoms with Gasteiger partial charge in [0.15, 0.2) is 10.8 Å². The van der Waals surface area contributed by atoms with Gasteiger partial charge in [-0.05, 0) is 61.0 Å². The summed E-state index contributed by atoms with van der Waals surface area (Å²) in [5, 5.41) is 12.2. The SMILES string of the molecule is CN=[N+]=Nc1cccc(C(=O)NC(N)=NC(=Nc2ccc(OC(F)(F)F)cc2)NC(=O)c2ccccc2C)c1. The number of carbonyl (C=O) groups excluding carboxylic acids is 2. The van der Waals surface area contributed by atoms with Crippen molar-refractivity contribution in [3.8, 4) is 5.75 Å². The van der Waals surface area contributed by atoms with Crippen molar-refractivity contribution in [2.24, 2.45) is 25.9 Å². The number of amides is 2. The molecule has 0 saturated carbocycles. The van der Waals surface area contributed by atoms with Crippen LogP contribution in [0.25, 0.3) is 0 Å². The van der Waals surface area contributed by atoms with E-state index in [1.807, 2.05) is 0 Å². The Hall–Kier alpha value is -5.36. The third-order valence-corrected chi connectivity index (χ3v) is 4.75. The molecule has 0 aromatic heterocycles. The lowest BCUT2D eigenvalue weighted by Gasteiger charge is -2.10. The number of nitrogens with one attached hydrogen (secondary N) is 2. The summed E-state index contributed by atoms with van der Waals surface area (Å²) < 4.78 is 41.2. The fourth-order valence-corrected chi connectivity index (χ4v) is 3.06. The molecular weight excluding hydrogens is 517 g/mol. The van der Waals surface area contributed by atoms with Crippen LogP contribution in [-0.2, 0) is 0 Å². The second-order valence-corrected chi connectivity index (χ2v) is 7.64. The van der Waals surface area contributed by atoms with E-state index in [1.165, 1.54) is 31.3 Å². The molecule has 0 atom stereocenters. The van der Waals surface area contributed by atoms with E-state index < -0.39 is 29.9 Å². The first-order chi connectivity index (χ1) is 18.5. The molecule has 0 aliphatic rings. The first-order valence-electron chi connectivity index (χ1n) is 11.1. The van der Waals surface area contributed by atoms with Gasteiger partial charge >= 0.3 is 6.36 Å². The van der Waals surface area contributed by atoms with Crippen LogP contribution in [0.1, 0.15) is 26.3 Å². The predicted molar refractivity (Wildman–Crippen MR) is 137 cm³/mol. The number of guanidine groups is 2. The van der Waals surface area contributed by atoms with E-state index >= 15 is 0 Å². The van der Waals surface area contributed by atoms with Gasteiger partial charge in [0, 0.05) is 11.1 Å². The van der Waals surface area contributed by atoms with Gasteiger partial charge in [0.25, 0.3) is 11.8 Å². The van der Waals surface area contributed by atoms with Crippen LogP contribution < -0.4 is 26.0 Å². The average molecular weight is 539 g/mol. The lowest BCUT2D eigenvalue weighted by Crippen LogP contribution is -2.39. The van der Waals surface area contributed by atoms with Crippen molar-refractivity contribution in [2.75, 3.05) is 7.05 Å². The van der Waals surface area contributed by atoms with Crippen molar-refractivity contribution in [1.29, 1.82) is 0 Å². The minimum atomic E-state index is -4.86. The lowest BCUT2D eigenvalue weighted by molar-refractivity contribution is -0.274. The zero-order valence-corrected chi connectivity index (χ0v) is 20.6. The molecule has 39 heavy (non-hydrogen) atoms. The van der Waals surface area contributed by atoms with E-state index in [-0.39, 0.29) is 17.2 Å². The van der Waals surface area contributed by atoms with Crippen molar-refractivity contribution < 1.29 is 27.5 Å². The largest absolute Gasteiger partial charge is 0.573 e. The van der Waals surface area contributed by atoms with Crippen LogP contribution in [0, 0.1) is 6.92 Å². The number of alkyl halides is 3. The Morgan fingerprint density at radius 2 is 1.64 bits per heavy atom. The van der Waals surface area contributed by atoms with Crippen LogP contribution in [0.3, 0.4) is 0 Å². The average Bonchev–Trinajstić information content (AvgIpc) is 2.88. The lowest BCUT2D eigenvalue weighted by atomic mass is 10.1. The highest BCUT2D eigenvalue weighted by atomic mass is 19.4. The van der Waals surface area contributed by atoms with Crippen molar-refractivity contribution in [3.05, 3.63) is 89.5 Å².